The Kier molecular flexibility index (Phi) is 11.2. The van der Waals surface area contributed by atoms with Gasteiger partial charge >= 0.3 is 147 Å². The van der Waals surface area contributed by atoms with Crippen LogP contribution < -0.4 is 41.1 Å². The quantitative estimate of drug-likeness (QED) is 0.480. The summed E-state index contributed by atoms with van der Waals surface area (Å²) < 4.78 is 11.3. The molecule has 25 heavy (non-hydrogen) atoms. The summed E-state index contributed by atoms with van der Waals surface area (Å²) in [6.07, 6.45) is 0. The van der Waals surface area contributed by atoms with Crippen LogP contribution in [0, 0.1) is 0 Å². The molecule has 0 fully saturated rings. The second-order valence-corrected chi connectivity index (χ2v) is 6.11. The largest absolute Gasteiger partial charge is 1.00 e. The molecule has 0 aromatic heterocycles. The van der Waals surface area contributed by atoms with Crippen LogP contribution in [-0.4, -0.2) is 11.8 Å². The summed E-state index contributed by atoms with van der Waals surface area (Å²) in [6, 6.07) is 14.3. The average Bonchev–Trinajstić information content (AvgIpc) is 2.50. The van der Waals surface area contributed by atoms with E-state index in [9.17, 15) is 9.59 Å². The minimum absolute atomic E-state index is 0. The monoisotopic (exact) mass is 460 g/mol. The van der Waals surface area contributed by atoms with Gasteiger partial charge in [0.1, 0.15) is 0 Å². The predicted molar refractivity (Wildman–Crippen MR) is 82.7 cm³/mol. The molecule has 0 spiro atoms. The Morgan fingerprint density at radius 3 is 1.32 bits per heavy atom. The van der Waals surface area contributed by atoms with Gasteiger partial charge in [-0.1, -0.05) is 0 Å². The van der Waals surface area contributed by atoms with Crippen molar-refractivity contribution in [3.63, 3.8) is 0 Å². The fourth-order valence-electron chi connectivity index (χ4n) is 1.74. The topological polar surface area (TPSA) is 76.7 Å². The number of carbonyl (C=O) groups is 2. The molecule has 2 aromatic rings. The Morgan fingerprint density at radius 1 is 0.720 bits per heavy atom. The zero-order valence-electron chi connectivity index (χ0n) is 13.5. The number of rotatable bonds is 6. The van der Waals surface area contributed by atoms with Crippen LogP contribution in [0.1, 0.15) is 13.8 Å². The first-order valence-electron chi connectivity index (χ1n) is 6.87. The molecule has 2 rings (SSSR count). The Bertz CT molecular complexity index is 622. The molecule has 2 aromatic carbocycles. The molecule has 0 aliphatic carbocycles. The first-order valence-corrected chi connectivity index (χ1v) is 8.87. The predicted octanol–water partition coefficient (Wildman–Crippen LogP) is -3.02. The van der Waals surface area contributed by atoms with Gasteiger partial charge in [-0.25, -0.2) is 0 Å². The number of carbonyl (C=O) groups excluding carboxylic acids is 2. The van der Waals surface area contributed by atoms with Crippen LogP contribution in [0.2, 0.25) is 0 Å². The minimum atomic E-state index is -1.52. The molecule has 6 nitrogen and oxygen atoms in total. The summed E-state index contributed by atoms with van der Waals surface area (Å²) in [5, 5.41) is 5.38. The summed E-state index contributed by atoms with van der Waals surface area (Å²) in [6.45, 7) is 2.92. The van der Waals surface area contributed by atoms with Crippen molar-refractivity contribution < 1.29 is 64.1 Å². The van der Waals surface area contributed by atoms with Crippen molar-refractivity contribution in [1.29, 1.82) is 0 Å². The van der Waals surface area contributed by atoms with E-state index in [1.54, 1.807) is 48.5 Å². The van der Waals surface area contributed by atoms with Crippen molar-refractivity contribution in [1.82, 2.24) is 0 Å². The van der Waals surface area contributed by atoms with Crippen LogP contribution in [-0.2, 0) is 33.7 Å². The molecule has 0 aliphatic rings. The smallest absolute Gasteiger partial charge is 1.00 e. The number of nitrogens with one attached hydrogen (secondary N) is 2. The molecule has 0 saturated heterocycles. The van der Waals surface area contributed by atoms with Gasteiger partial charge in [-0.3, -0.25) is 0 Å². The van der Waals surface area contributed by atoms with Gasteiger partial charge in [0.15, 0.2) is 0 Å². The third kappa shape index (κ3) is 8.91. The van der Waals surface area contributed by atoms with Crippen molar-refractivity contribution in [2.75, 3.05) is 10.6 Å². The number of hydrogen-bond donors (Lipinski definition) is 2. The first-order chi connectivity index (χ1) is 11.0. The molecular formula is C16H16Cl2N2O4Zr. The fraction of sp³-hybridized carbons (Fsp3) is 0.125. The Labute approximate surface area is 171 Å². The molecule has 2 amide bonds. The van der Waals surface area contributed by atoms with Gasteiger partial charge < -0.3 is 24.8 Å². The van der Waals surface area contributed by atoms with E-state index in [0.29, 0.717) is 11.5 Å². The van der Waals surface area contributed by atoms with E-state index < -0.39 is 24.1 Å². The van der Waals surface area contributed by atoms with Crippen molar-refractivity contribution in [2.45, 2.75) is 13.8 Å². The van der Waals surface area contributed by atoms with Crippen molar-refractivity contribution in [2.24, 2.45) is 0 Å². The summed E-state index contributed by atoms with van der Waals surface area (Å²) in [5.74, 6) is 1.20. The van der Waals surface area contributed by atoms with Crippen LogP contribution in [0.5, 0.6) is 11.5 Å². The second-order valence-electron chi connectivity index (χ2n) is 4.70. The maximum Gasteiger partial charge on any atom is -1.00 e. The Hall–Kier alpha value is -1.56. The molecule has 0 heterocycles. The van der Waals surface area contributed by atoms with Crippen molar-refractivity contribution in [3.8, 4) is 11.5 Å². The van der Waals surface area contributed by atoms with Gasteiger partial charge in [-0.15, -0.1) is 0 Å². The van der Waals surface area contributed by atoms with Crippen molar-refractivity contribution in [3.05, 3.63) is 48.5 Å². The number of anilines is 2. The van der Waals surface area contributed by atoms with Crippen LogP contribution >= 0.6 is 0 Å². The fourth-order valence-corrected chi connectivity index (χ4v) is 2.98. The molecule has 0 saturated carbocycles. The standard InChI is InChI=1S/2C8H9NO2.2ClH.Zr/c2*1-6(10)9-7-2-4-8(11)5-3-7;;;/h2*2-5,11H,1H3,(H,9,10);2*1H;/q;;;;+4/p-4. The molecular weight excluding hydrogens is 446 g/mol. The molecule has 0 aliphatic heterocycles. The van der Waals surface area contributed by atoms with Gasteiger partial charge in [0, 0.05) is 0 Å². The molecule has 0 radical (unpaired) electrons. The van der Waals surface area contributed by atoms with Crippen LogP contribution in [0.25, 0.3) is 0 Å². The minimum Gasteiger partial charge on any atom is -1.00 e. The van der Waals surface area contributed by atoms with E-state index in [1.165, 1.54) is 13.8 Å². The molecule has 0 atom stereocenters. The van der Waals surface area contributed by atoms with E-state index >= 15 is 0 Å². The first kappa shape index (κ1) is 23.4. The number of hydrogen-bond acceptors (Lipinski definition) is 4. The third-order valence-electron chi connectivity index (χ3n) is 2.67. The Morgan fingerprint density at radius 2 is 1.04 bits per heavy atom. The van der Waals surface area contributed by atoms with Gasteiger partial charge in [-0.2, -0.15) is 0 Å². The zero-order valence-corrected chi connectivity index (χ0v) is 17.5. The zero-order chi connectivity index (χ0) is 16.7. The number of amides is 2. The number of halogens is 2. The maximum absolute atomic E-state index is 10.9. The summed E-state index contributed by atoms with van der Waals surface area (Å²) >= 11 is -1.52. The molecule has 0 bridgehead atoms. The van der Waals surface area contributed by atoms with Crippen LogP contribution in [0.4, 0.5) is 11.4 Å². The van der Waals surface area contributed by atoms with Crippen molar-refractivity contribution >= 4 is 23.2 Å². The molecule has 132 valence electrons. The molecule has 2 N–H and O–H groups in total. The van der Waals surface area contributed by atoms with Crippen LogP contribution in [0.3, 0.4) is 0 Å². The normalized spacial score (nSPS) is 8.72. The maximum atomic E-state index is 10.9. The van der Waals surface area contributed by atoms with Gasteiger partial charge in [0.05, 0.1) is 0 Å². The SMILES string of the molecule is CC(=O)Nc1ccc([O][Zr+2][O]c2ccc(NC(C)=O)cc2)cc1.[Cl-].[Cl-]. The second kappa shape index (κ2) is 11.9. The van der Waals surface area contributed by atoms with Crippen LogP contribution in [0.15, 0.2) is 48.5 Å². The van der Waals surface area contributed by atoms with Gasteiger partial charge in [-0.05, 0) is 0 Å². The molecule has 9 heteroatoms. The van der Waals surface area contributed by atoms with E-state index in [0.717, 1.165) is 11.4 Å². The van der Waals surface area contributed by atoms with Gasteiger partial charge in [0.2, 0.25) is 0 Å². The summed E-state index contributed by atoms with van der Waals surface area (Å²) in [7, 11) is 0. The third-order valence-corrected chi connectivity index (χ3v) is 4.24. The summed E-state index contributed by atoms with van der Waals surface area (Å²) in [5.41, 5.74) is 1.45. The number of benzene rings is 2. The molecule has 0 unspecified atom stereocenters. The Balaban J connectivity index is 0.00000288. The average molecular weight is 462 g/mol. The summed E-state index contributed by atoms with van der Waals surface area (Å²) in [4.78, 5) is 21.9. The van der Waals surface area contributed by atoms with Gasteiger partial charge in [0.25, 0.3) is 0 Å². The van der Waals surface area contributed by atoms with E-state index in [4.69, 9.17) is 5.63 Å². The van der Waals surface area contributed by atoms with E-state index in [1.807, 2.05) is 0 Å². The van der Waals surface area contributed by atoms with E-state index in [-0.39, 0.29) is 36.6 Å². The van der Waals surface area contributed by atoms with E-state index in [2.05, 4.69) is 10.6 Å².